The minimum atomic E-state index is 0.230. The lowest BCUT2D eigenvalue weighted by Crippen LogP contribution is -2.29. The number of nitrogens with one attached hydrogen (secondary N) is 1. The fourth-order valence-corrected chi connectivity index (χ4v) is 1.66. The SMILES string of the molecule is NNC(c1cnsn1)C1CC1. The molecule has 5 heteroatoms. The molecule has 1 fully saturated rings. The molecule has 1 aromatic heterocycles. The Labute approximate surface area is 69.1 Å². The van der Waals surface area contributed by atoms with Crippen LogP contribution in [-0.2, 0) is 0 Å². The molecule has 4 nitrogen and oxygen atoms in total. The molecule has 0 saturated heterocycles. The van der Waals surface area contributed by atoms with Gasteiger partial charge in [0.25, 0.3) is 0 Å². The highest BCUT2D eigenvalue weighted by Crippen LogP contribution is 2.39. The van der Waals surface area contributed by atoms with E-state index in [0.29, 0.717) is 5.92 Å². The first-order valence-corrected chi connectivity index (χ1v) is 4.38. The van der Waals surface area contributed by atoms with Crippen molar-refractivity contribution < 1.29 is 0 Å². The van der Waals surface area contributed by atoms with Crippen LogP contribution in [0.5, 0.6) is 0 Å². The van der Waals surface area contributed by atoms with E-state index >= 15 is 0 Å². The van der Waals surface area contributed by atoms with Gasteiger partial charge in [-0.15, -0.1) is 0 Å². The van der Waals surface area contributed by atoms with Gasteiger partial charge in [-0.3, -0.25) is 11.3 Å². The molecule has 3 N–H and O–H groups in total. The molecule has 1 aliphatic rings. The molecule has 1 saturated carbocycles. The van der Waals surface area contributed by atoms with Crippen molar-refractivity contribution in [3.05, 3.63) is 11.9 Å². The van der Waals surface area contributed by atoms with E-state index < -0.39 is 0 Å². The van der Waals surface area contributed by atoms with Crippen LogP contribution < -0.4 is 11.3 Å². The van der Waals surface area contributed by atoms with Crippen LogP contribution in [0.3, 0.4) is 0 Å². The van der Waals surface area contributed by atoms with Gasteiger partial charge in [0.2, 0.25) is 0 Å². The van der Waals surface area contributed by atoms with Gasteiger partial charge in [0.15, 0.2) is 0 Å². The molecule has 1 aliphatic carbocycles. The first-order valence-electron chi connectivity index (χ1n) is 3.65. The molecular weight excluding hydrogens is 160 g/mol. The Morgan fingerprint density at radius 1 is 1.73 bits per heavy atom. The largest absolute Gasteiger partial charge is 0.271 e. The summed E-state index contributed by atoms with van der Waals surface area (Å²) in [5, 5.41) is 0. The molecule has 0 amide bonds. The van der Waals surface area contributed by atoms with Crippen molar-refractivity contribution in [1.82, 2.24) is 14.2 Å². The second kappa shape index (κ2) is 2.84. The van der Waals surface area contributed by atoms with Crippen molar-refractivity contribution in [2.75, 3.05) is 0 Å². The summed E-state index contributed by atoms with van der Waals surface area (Å²) in [6.07, 6.45) is 4.30. The summed E-state index contributed by atoms with van der Waals surface area (Å²) < 4.78 is 8.07. The number of nitrogens with zero attached hydrogens (tertiary/aromatic N) is 2. The van der Waals surface area contributed by atoms with Crippen molar-refractivity contribution in [1.29, 1.82) is 0 Å². The maximum absolute atomic E-state index is 5.39. The molecule has 1 aromatic rings. The van der Waals surface area contributed by atoms with Crippen LogP contribution in [0.15, 0.2) is 6.20 Å². The van der Waals surface area contributed by atoms with Gasteiger partial charge in [0, 0.05) is 0 Å². The van der Waals surface area contributed by atoms with Gasteiger partial charge in [0.1, 0.15) is 0 Å². The third-order valence-corrected chi connectivity index (χ3v) is 2.46. The predicted molar refractivity (Wildman–Crippen MR) is 42.7 cm³/mol. The van der Waals surface area contributed by atoms with Gasteiger partial charge in [-0.2, -0.15) is 8.75 Å². The predicted octanol–water partition coefficient (Wildman–Crippen LogP) is 0.452. The van der Waals surface area contributed by atoms with Gasteiger partial charge in [-0.05, 0) is 18.8 Å². The minimum absolute atomic E-state index is 0.230. The number of rotatable bonds is 3. The summed E-state index contributed by atoms with van der Waals surface area (Å²) in [4.78, 5) is 0. The van der Waals surface area contributed by atoms with E-state index in [1.54, 1.807) is 6.20 Å². The van der Waals surface area contributed by atoms with Gasteiger partial charge >= 0.3 is 0 Å². The lowest BCUT2D eigenvalue weighted by molar-refractivity contribution is 0.488. The molecular formula is C6H10N4S. The Balaban J connectivity index is 2.11. The van der Waals surface area contributed by atoms with Gasteiger partial charge in [-0.25, -0.2) is 0 Å². The Bertz CT molecular complexity index is 218. The highest BCUT2D eigenvalue weighted by Gasteiger charge is 2.32. The molecule has 0 bridgehead atoms. The van der Waals surface area contributed by atoms with E-state index in [2.05, 4.69) is 14.2 Å². The highest BCUT2D eigenvalue weighted by molar-refractivity contribution is 6.99. The summed E-state index contributed by atoms with van der Waals surface area (Å²) in [6, 6.07) is 0.230. The molecule has 0 aromatic carbocycles. The zero-order chi connectivity index (χ0) is 7.68. The van der Waals surface area contributed by atoms with Crippen LogP contribution in [0.1, 0.15) is 24.6 Å². The third kappa shape index (κ3) is 1.40. The zero-order valence-corrected chi connectivity index (χ0v) is 6.84. The number of hydrogen-bond donors (Lipinski definition) is 2. The maximum atomic E-state index is 5.39. The molecule has 1 heterocycles. The first kappa shape index (κ1) is 7.15. The summed E-state index contributed by atoms with van der Waals surface area (Å²) in [5.41, 5.74) is 3.76. The standard InChI is InChI=1S/C6H10N4S/c7-9-6(4-1-2-4)5-3-8-11-10-5/h3-4,6,9H,1-2,7H2. The second-order valence-corrected chi connectivity index (χ2v) is 3.37. The minimum Gasteiger partial charge on any atom is -0.271 e. The van der Waals surface area contributed by atoms with Crippen LogP contribution in [0.4, 0.5) is 0 Å². The quantitative estimate of drug-likeness (QED) is 0.510. The fraction of sp³-hybridized carbons (Fsp3) is 0.667. The summed E-state index contributed by atoms with van der Waals surface area (Å²) in [7, 11) is 0. The van der Waals surface area contributed by atoms with Crippen LogP contribution in [-0.4, -0.2) is 8.75 Å². The molecule has 1 atom stereocenters. The molecule has 60 valence electrons. The van der Waals surface area contributed by atoms with Crippen molar-refractivity contribution in [3.63, 3.8) is 0 Å². The van der Waals surface area contributed by atoms with E-state index in [9.17, 15) is 0 Å². The van der Waals surface area contributed by atoms with Gasteiger partial charge < -0.3 is 0 Å². The van der Waals surface area contributed by atoms with E-state index in [1.165, 1.54) is 24.6 Å². The van der Waals surface area contributed by atoms with Crippen LogP contribution in [0, 0.1) is 5.92 Å². The number of aromatic nitrogens is 2. The highest BCUT2D eigenvalue weighted by atomic mass is 32.1. The van der Waals surface area contributed by atoms with E-state index in [1.807, 2.05) is 0 Å². The van der Waals surface area contributed by atoms with Crippen molar-refractivity contribution in [3.8, 4) is 0 Å². The number of hydrogen-bond acceptors (Lipinski definition) is 5. The third-order valence-electron chi connectivity index (χ3n) is 1.97. The molecule has 11 heavy (non-hydrogen) atoms. The molecule has 0 aliphatic heterocycles. The second-order valence-electron chi connectivity index (χ2n) is 2.81. The molecule has 0 spiro atoms. The van der Waals surface area contributed by atoms with Gasteiger partial charge in [-0.1, -0.05) is 0 Å². The van der Waals surface area contributed by atoms with E-state index in [0.717, 1.165) is 5.69 Å². The Kier molecular flexibility index (Phi) is 1.85. The fourth-order valence-electron chi connectivity index (χ4n) is 1.20. The average Bonchev–Trinajstić information content (AvgIpc) is 2.68. The lowest BCUT2D eigenvalue weighted by Gasteiger charge is -2.10. The van der Waals surface area contributed by atoms with E-state index in [4.69, 9.17) is 5.84 Å². The maximum Gasteiger partial charge on any atom is 0.0928 e. The van der Waals surface area contributed by atoms with Crippen LogP contribution in [0.25, 0.3) is 0 Å². The molecule has 0 radical (unpaired) electrons. The number of hydrazine groups is 1. The monoisotopic (exact) mass is 170 g/mol. The topological polar surface area (TPSA) is 63.8 Å². The van der Waals surface area contributed by atoms with Crippen LogP contribution in [0.2, 0.25) is 0 Å². The number of nitrogens with two attached hydrogens (primary N) is 1. The van der Waals surface area contributed by atoms with Crippen molar-refractivity contribution in [2.24, 2.45) is 11.8 Å². The first-order chi connectivity index (χ1) is 5.42. The summed E-state index contributed by atoms with van der Waals surface area (Å²) in [5.74, 6) is 6.08. The van der Waals surface area contributed by atoms with Crippen molar-refractivity contribution >= 4 is 11.7 Å². The summed E-state index contributed by atoms with van der Waals surface area (Å²) in [6.45, 7) is 0. The zero-order valence-electron chi connectivity index (χ0n) is 6.03. The lowest BCUT2D eigenvalue weighted by atomic mass is 10.1. The van der Waals surface area contributed by atoms with Crippen LogP contribution >= 0.6 is 11.7 Å². The Hall–Kier alpha value is -0.520. The smallest absolute Gasteiger partial charge is 0.0928 e. The molecule has 1 unspecified atom stereocenters. The Morgan fingerprint density at radius 2 is 2.55 bits per heavy atom. The van der Waals surface area contributed by atoms with Gasteiger partial charge in [0.05, 0.1) is 29.7 Å². The summed E-state index contributed by atoms with van der Waals surface area (Å²) >= 11 is 1.23. The Morgan fingerprint density at radius 3 is 3.00 bits per heavy atom. The normalized spacial score (nSPS) is 20.1. The van der Waals surface area contributed by atoms with Crippen molar-refractivity contribution in [2.45, 2.75) is 18.9 Å². The average molecular weight is 170 g/mol. The molecule has 2 rings (SSSR count). The van der Waals surface area contributed by atoms with E-state index in [-0.39, 0.29) is 6.04 Å².